The van der Waals surface area contributed by atoms with Crippen LogP contribution in [0.5, 0.6) is 0 Å². The van der Waals surface area contributed by atoms with Gasteiger partial charge in [-0.05, 0) is 37.5 Å². The topological polar surface area (TPSA) is 89.3 Å². The smallest absolute Gasteiger partial charge is 0.227 e. The zero-order chi connectivity index (χ0) is 15.6. The third-order valence-corrected chi connectivity index (χ3v) is 4.82. The Balaban J connectivity index is 2.17. The molecule has 0 aliphatic heterocycles. The summed E-state index contributed by atoms with van der Waals surface area (Å²) >= 11 is 0. The van der Waals surface area contributed by atoms with Crippen LogP contribution in [0.1, 0.15) is 25.7 Å². The summed E-state index contributed by atoms with van der Waals surface area (Å²) in [5, 5.41) is 2.48. The number of hydrogen-bond acceptors (Lipinski definition) is 4. The van der Waals surface area contributed by atoms with Crippen LogP contribution >= 0.6 is 0 Å². The van der Waals surface area contributed by atoms with Crippen molar-refractivity contribution in [2.45, 2.75) is 36.6 Å². The predicted octanol–water partition coefficient (Wildman–Crippen LogP) is 1.69. The molecule has 1 aliphatic carbocycles. The fraction of sp³-hybridized carbons (Fsp3) is 0.500. The number of nitrogens with two attached hydrogens (primary N) is 1. The zero-order valence-electron chi connectivity index (χ0n) is 11.8. The maximum absolute atomic E-state index is 13.7. The Kier molecular flexibility index (Phi) is 4.63. The maximum Gasteiger partial charge on any atom is 0.227 e. The van der Waals surface area contributed by atoms with Crippen LogP contribution in [0.15, 0.2) is 23.1 Å². The van der Waals surface area contributed by atoms with Gasteiger partial charge in [-0.2, -0.15) is 0 Å². The van der Waals surface area contributed by atoms with Gasteiger partial charge in [-0.3, -0.25) is 4.79 Å². The van der Waals surface area contributed by atoms with Gasteiger partial charge in [0.15, 0.2) is 9.84 Å². The van der Waals surface area contributed by atoms with E-state index in [1.165, 1.54) is 6.07 Å². The molecule has 0 bridgehead atoms. The fourth-order valence-electron chi connectivity index (χ4n) is 2.53. The number of sulfone groups is 1. The lowest BCUT2D eigenvalue weighted by atomic mass is 9.85. The quantitative estimate of drug-likeness (QED) is 0.831. The molecule has 1 saturated carbocycles. The Hall–Kier alpha value is -1.47. The van der Waals surface area contributed by atoms with Gasteiger partial charge in [0.2, 0.25) is 5.91 Å². The van der Waals surface area contributed by atoms with Crippen molar-refractivity contribution in [1.29, 1.82) is 0 Å². The molecule has 2 unspecified atom stereocenters. The normalized spacial score (nSPS) is 22.8. The van der Waals surface area contributed by atoms with Gasteiger partial charge in [-0.15, -0.1) is 0 Å². The molecular formula is C14H19FN2O3S. The first-order chi connectivity index (χ1) is 9.77. The molecule has 0 spiro atoms. The molecule has 3 N–H and O–H groups in total. The van der Waals surface area contributed by atoms with Crippen LogP contribution in [0.4, 0.5) is 10.1 Å². The number of rotatable bonds is 3. The van der Waals surface area contributed by atoms with E-state index in [4.69, 9.17) is 5.73 Å². The van der Waals surface area contributed by atoms with E-state index in [2.05, 4.69) is 5.32 Å². The molecule has 1 aromatic carbocycles. The second-order valence-electron chi connectivity index (χ2n) is 5.53. The van der Waals surface area contributed by atoms with Gasteiger partial charge in [0.1, 0.15) is 5.82 Å². The van der Waals surface area contributed by atoms with Crippen molar-refractivity contribution in [1.82, 2.24) is 0 Å². The monoisotopic (exact) mass is 314 g/mol. The van der Waals surface area contributed by atoms with E-state index in [0.29, 0.717) is 12.8 Å². The lowest BCUT2D eigenvalue weighted by molar-refractivity contribution is -0.120. The Labute approximate surface area is 123 Å². The Morgan fingerprint density at radius 1 is 1.38 bits per heavy atom. The minimum absolute atomic E-state index is 0.0123. The highest BCUT2D eigenvalue weighted by Crippen LogP contribution is 2.26. The number of halogens is 1. The average molecular weight is 314 g/mol. The SMILES string of the molecule is CS(=O)(=O)c1ccc(F)c(NC(=O)C2CCCC(N)C2)c1. The van der Waals surface area contributed by atoms with Crippen molar-refractivity contribution in [3.63, 3.8) is 0 Å². The minimum atomic E-state index is -3.45. The molecule has 1 fully saturated rings. The van der Waals surface area contributed by atoms with Crippen molar-refractivity contribution >= 4 is 21.4 Å². The van der Waals surface area contributed by atoms with E-state index in [1.807, 2.05) is 0 Å². The zero-order valence-corrected chi connectivity index (χ0v) is 12.6. The molecular weight excluding hydrogens is 295 g/mol. The number of anilines is 1. The summed E-state index contributed by atoms with van der Waals surface area (Å²) in [6.45, 7) is 0. The van der Waals surface area contributed by atoms with E-state index in [0.717, 1.165) is 31.2 Å². The van der Waals surface area contributed by atoms with Crippen molar-refractivity contribution in [2.24, 2.45) is 11.7 Å². The van der Waals surface area contributed by atoms with E-state index in [9.17, 15) is 17.6 Å². The van der Waals surface area contributed by atoms with Gasteiger partial charge in [0, 0.05) is 18.2 Å². The molecule has 2 atom stereocenters. The van der Waals surface area contributed by atoms with Gasteiger partial charge < -0.3 is 11.1 Å². The summed E-state index contributed by atoms with van der Waals surface area (Å²) < 4.78 is 36.7. The van der Waals surface area contributed by atoms with Gasteiger partial charge >= 0.3 is 0 Å². The summed E-state index contributed by atoms with van der Waals surface area (Å²) in [7, 11) is -3.45. The minimum Gasteiger partial charge on any atom is -0.328 e. The van der Waals surface area contributed by atoms with Gasteiger partial charge in [0.25, 0.3) is 0 Å². The number of benzene rings is 1. The second-order valence-corrected chi connectivity index (χ2v) is 7.54. The summed E-state index contributed by atoms with van der Waals surface area (Å²) in [6, 6.07) is 3.35. The summed E-state index contributed by atoms with van der Waals surface area (Å²) in [4.78, 5) is 12.1. The summed E-state index contributed by atoms with van der Waals surface area (Å²) in [6.07, 6.45) is 4.07. The molecule has 1 aliphatic rings. The maximum atomic E-state index is 13.7. The number of carbonyl (C=O) groups is 1. The fourth-order valence-corrected chi connectivity index (χ4v) is 3.18. The van der Waals surface area contributed by atoms with E-state index >= 15 is 0 Å². The molecule has 0 saturated heterocycles. The van der Waals surface area contributed by atoms with Crippen molar-refractivity contribution in [3.8, 4) is 0 Å². The van der Waals surface area contributed by atoms with E-state index < -0.39 is 15.7 Å². The van der Waals surface area contributed by atoms with Crippen LogP contribution in [0.25, 0.3) is 0 Å². The lowest BCUT2D eigenvalue weighted by Gasteiger charge is -2.25. The van der Waals surface area contributed by atoms with E-state index in [1.54, 1.807) is 0 Å². The molecule has 0 radical (unpaired) electrons. The second kappa shape index (κ2) is 6.11. The summed E-state index contributed by atoms with van der Waals surface area (Å²) in [5.74, 6) is -1.22. The van der Waals surface area contributed by atoms with Crippen LogP contribution in [0, 0.1) is 11.7 Å². The molecule has 116 valence electrons. The number of nitrogens with one attached hydrogen (secondary N) is 1. The molecule has 2 rings (SSSR count). The standard InChI is InChI=1S/C14H19FN2O3S/c1-21(19,20)11-5-6-12(15)13(8-11)17-14(18)9-3-2-4-10(16)7-9/h5-6,8-10H,2-4,7,16H2,1H3,(H,17,18). The molecule has 0 aromatic heterocycles. The molecule has 21 heavy (non-hydrogen) atoms. The predicted molar refractivity (Wildman–Crippen MR) is 78.1 cm³/mol. The van der Waals surface area contributed by atoms with Crippen molar-refractivity contribution in [2.75, 3.05) is 11.6 Å². The highest BCUT2D eigenvalue weighted by Gasteiger charge is 2.26. The highest BCUT2D eigenvalue weighted by atomic mass is 32.2. The molecule has 0 heterocycles. The Morgan fingerprint density at radius 3 is 2.71 bits per heavy atom. The van der Waals surface area contributed by atoms with Gasteiger partial charge in [0.05, 0.1) is 10.6 Å². The number of carbonyl (C=O) groups excluding carboxylic acids is 1. The summed E-state index contributed by atoms with van der Waals surface area (Å²) in [5.41, 5.74) is 5.72. The first-order valence-corrected chi connectivity index (χ1v) is 8.72. The average Bonchev–Trinajstić information content (AvgIpc) is 2.40. The van der Waals surface area contributed by atoms with Crippen LogP contribution in [-0.4, -0.2) is 26.6 Å². The Bertz CT molecular complexity index is 646. The number of amides is 1. The highest BCUT2D eigenvalue weighted by molar-refractivity contribution is 7.90. The first kappa shape index (κ1) is 15.9. The first-order valence-electron chi connectivity index (χ1n) is 6.83. The van der Waals surface area contributed by atoms with Crippen molar-refractivity contribution in [3.05, 3.63) is 24.0 Å². The Morgan fingerprint density at radius 2 is 2.10 bits per heavy atom. The van der Waals surface area contributed by atoms with Crippen molar-refractivity contribution < 1.29 is 17.6 Å². The van der Waals surface area contributed by atoms with Crippen LogP contribution in [0.3, 0.4) is 0 Å². The molecule has 1 aromatic rings. The molecule has 5 nitrogen and oxygen atoms in total. The number of hydrogen-bond donors (Lipinski definition) is 2. The van der Waals surface area contributed by atoms with E-state index in [-0.39, 0.29) is 28.4 Å². The van der Waals surface area contributed by atoms with Gasteiger partial charge in [-0.1, -0.05) is 6.42 Å². The van der Waals surface area contributed by atoms with Crippen LogP contribution in [-0.2, 0) is 14.6 Å². The van der Waals surface area contributed by atoms with Crippen LogP contribution in [0.2, 0.25) is 0 Å². The molecule has 1 amide bonds. The lowest BCUT2D eigenvalue weighted by Crippen LogP contribution is -2.34. The third-order valence-electron chi connectivity index (χ3n) is 3.71. The third kappa shape index (κ3) is 4.01. The van der Waals surface area contributed by atoms with Crippen LogP contribution < -0.4 is 11.1 Å². The largest absolute Gasteiger partial charge is 0.328 e. The molecule has 7 heteroatoms. The van der Waals surface area contributed by atoms with Gasteiger partial charge in [-0.25, -0.2) is 12.8 Å².